The Morgan fingerprint density at radius 2 is 1.85 bits per heavy atom. The Balaban J connectivity index is 1.59. The first-order valence-electron chi connectivity index (χ1n) is 8.22. The molecular weight excluding hydrogens is 342 g/mol. The van der Waals surface area contributed by atoms with E-state index in [-0.39, 0.29) is 18.8 Å². The molecule has 2 fully saturated rings. The van der Waals surface area contributed by atoms with E-state index in [1.807, 2.05) is 13.8 Å². The molecule has 2 aliphatic rings. The quantitative estimate of drug-likeness (QED) is 0.678. The van der Waals surface area contributed by atoms with Crippen molar-refractivity contribution in [2.75, 3.05) is 6.61 Å². The van der Waals surface area contributed by atoms with Crippen LogP contribution in [0.5, 0.6) is 0 Å². The highest BCUT2D eigenvalue weighted by molar-refractivity contribution is 5.78. The minimum Gasteiger partial charge on any atom is -0.394 e. The zero-order valence-electron chi connectivity index (χ0n) is 14.1. The summed E-state index contributed by atoms with van der Waals surface area (Å²) < 4.78 is 21.3. The van der Waals surface area contributed by atoms with Crippen molar-refractivity contribution in [2.45, 2.75) is 44.2 Å². The van der Waals surface area contributed by atoms with Crippen LogP contribution in [0.15, 0.2) is 25.3 Å². The summed E-state index contributed by atoms with van der Waals surface area (Å²) in [6, 6.07) is 0. The first-order chi connectivity index (χ1) is 12.6. The van der Waals surface area contributed by atoms with E-state index in [1.54, 1.807) is 28.1 Å². The lowest BCUT2D eigenvalue weighted by Crippen LogP contribution is -2.31. The molecule has 0 aliphatic carbocycles. The monoisotopic (exact) mass is 359 g/mol. The van der Waals surface area contributed by atoms with Gasteiger partial charge in [0.2, 0.25) is 0 Å². The Kier molecular flexibility index (Phi) is 3.34. The normalized spacial score (nSPS) is 30.1. The summed E-state index contributed by atoms with van der Waals surface area (Å²) in [5, 5.41) is 17.3. The fourth-order valence-electron chi connectivity index (χ4n) is 3.55. The number of nitrogens with zero attached hydrogens (tertiary/aromatic N) is 7. The lowest BCUT2D eigenvalue weighted by molar-refractivity contribution is -0.199. The number of ether oxygens (including phenoxy) is 3. The highest BCUT2D eigenvalue weighted by atomic mass is 16.8. The first kappa shape index (κ1) is 15.8. The minimum absolute atomic E-state index is 0.162. The number of aliphatic hydroxyl groups excluding tert-OH is 1. The van der Waals surface area contributed by atoms with E-state index < -0.39 is 18.1 Å². The molecule has 136 valence electrons. The van der Waals surface area contributed by atoms with Crippen LogP contribution in [0.25, 0.3) is 17.0 Å². The van der Waals surface area contributed by atoms with Gasteiger partial charge in [-0.15, -0.1) is 10.2 Å². The molecule has 2 saturated heterocycles. The zero-order valence-corrected chi connectivity index (χ0v) is 14.1. The maximum absolute atomic E-state index is 9.65. The fourth-order valence-corrected chi connectivity index (χ4v) is 3.55. The summed E-state index contributed by atoms with van der Waals surface area (Å²) in [5.74, 6) is -0.181. The topological polar surface area (TPSA) is 122 Å². The summed E-state index contributed by atoms with van der Waals surface area (Å²) in [6.45, 7) is 3.52. The van der Waals surface area contributed by atoms with Crippen molar-refractivity contribution in [3.05, 3.63) is 25.3 Å². The molecule has 0 spiro atoms. The predicted molar refractivity (Wildman–Crippen MR) is 85.1 cm³/mol. The molecule has 3 aromatic heterocycles. The second kappa shape index (κ2) is 5.51. The van der Waals surface area contributed by atoms with Crippen molar-refractivity contribution in [1.82, 2.24) is 34.3 Å². The molecule has 3 aromatic rings. The summed E-state index contributed by atoms with van der Waals surface area (Å²) in [6.07, 6.45) is 4.41. The van der Waals surface area contributed by atoms with Crippen molar-refractivity contribution in [3.8, 4) is 5.82 Å². The standard InChI is InChI=1S/C15H17N7O4/c1-15(2)25-10-8(3-23)24-14(11(10)26-15)22-5-18-9-12(16-4-17-13(9)22)21-6-19-20-7-21/h4-8,10-11,14,23H,3H2,1-2H3. The van der Waals surface area contributed by atoms with Gasteiger partial charge >= 0.3 is 0 Å². The molecule has 0 saturated carbocycles. The number of rotatable bonds is 3. The molecule has 26 heavy (non-hydrogen) atoms. The smallest absolute Gasteiger partial charge is 0.170 e. The van der Waals surface area contributed by atoms with Crippen LogP contribution in [-0.4, -0.2) is 70.1 Å². The molecule has 5 rings (SSSR count). The van der Waals surface area contributed by atoms with Crippen molar-refractivity contribution in [2.24, 2.45) is 0 Å². The molecule has 0 aromatic carbocycles. The molecule has 4 unspecified atom stereocenters. The number of fused-ring (bicyclic) bond motifs is 2. The highest BCUT2D eigenvalue weighted by Crippen LogP contribution is 2.43. The summed E-state index contributed by atoms with van der Waals surface area (Å²) >= 11 is 0. The molecule has 1 N–H and O–H groups in total. The van der Waals surface area contributed by atoms with Crippen LogP contribution in [0.4, 0.5) is 0 Å². The second-order valence-corrected chi connectivity index (χ2v) is 6.70. The Morgan fingerprint density at radius 1 is 1.08 bits per heavy atom. The van der Waals surface area contributed by atoms with Gasteiger partial charge in [-0.2, -0.15) is 0 Å². The van der Waals surface area contributed by atoms with Gasteiger partial charge in [0.1, 0.15) is 37.3 Å². The van der Waals surface area contributed by atoms with Gasteiger partial charge in [0.05, 0.1) is 12.9 Å². The zero-order chi connectivity index (χ0) is 17.9. The molecule has 0 radical (unpaired) electrons. The largest absolute Gasteiger partial charge is 0.394 e. The maximum atomic E-state index is 9.65. The fraction of sp³-hybridized carbons (Fsp3) is 0.533. The predicted octanol–water partition coefficient (Wildman–Crippen LogP) is -0.183. The van der Waals surface area contributed by atoms with Crippen LogP contribution in [-0.2, 0) is 14.2 Å². The van der Waals surface area contributed by atoms with E-state index in [1.165, 1.54) is 6.33 Å². The molecule has 11 nitrogen and oxygen atoms in total. The summed E-state index contributed by atoms with van der Waals surface area (Å²) in [4.78, 5) is 13.1. The van der Waals surface area contributed by atoms with Crippen molar-refractivity contribution < 1.29 is 19.3 Å². The van der Waals surface area contributed by atoms with Gasteiger partial charge in [-0.1, -0.05) is 0 Å². The number of aromatic nitrogens is 7. The minimum atomic E-state index is -0.746. The number of imidazole rings is 1. The molecule has 11 heteroatoms. The summed E-state index contributed by atoms with van der Waals surface area (Å²) in [7, 11) is 0. The van der Waals surface area contributed by atoms with Gasteiger partial charge in [0.25, 0.3) is 0 Å². The highest BCUT2D eigenvalue weighted by Gasteiger charge is 2.55. The van der Waals surface area contributed by atoms with Gasteiger partial charge < -0.3 is 19.3 Å². The van der Waals surface area contributed by atoms with Crippen LogP contribution in [0.3, 0.4) is 0 Å². The van der Waals surface area contributed by atoms with Gasteiger partial charge in [-0.3, -0.25) is 9.13 Å². The maximum Gasteiger partial charge on any atom is 0.170 e. The molecule has 4 atom stereocenters. The van der Waals surface area contributed by atoms with Crippen LogP contribution in [0, 0.1) is 0 Å². The Labute approximate surface area is 147 Å². The third-order valence-electron chi connectivity index (χ3n) is 4.58. The van der Waals surface area contributed by atoms with Gasteiger partial charge in [0.15, 0.2) is 29.0 Å². The van der Waals surface area contributed by atoms with Crippen LogP contribution in [0.1, 0.15) is 20.1 Å². The van der Waals surface area contributed by atoms with Crippen molar-refractivity contribution in [1.29, 1.82) is 0 Å². The van der Waals surface area contributed by atoms with Gasteiger partial charge in [0, 0.05) is 0 Å². The van der Waals surface area contributed by atoms with Crippen LogP contribution >= 0.6 is 0 Å². The third kappa shape index (κ3) is 2.25. The average molecular weight is 359 g/mol. The summed E-state index contributed by atoms with van der Waals surface area (Å²) in [5.41, 5.74) is 1.16. The third-order valence-corrected chi connectivity index (χ3v) is 4.58. The molecule has 5 heterocycles. The number of aliphatic hydroxyl groups is 1. The van der Waals surface area contributed by atoms with E-state index in [4.69, 9.17) is 14.2 Å². The van der Waals surface area contributed by atoms with Crippen molar-refractivity contribution >= 4 is 11.2 Å². The van der Waals surface area contributed by atoms with Gasteiger partial charge in [-0.05, 0) is 13.8 Å². The van der Waals surface area contributed by atoms with E-state index in [2.05, 4.69) is 25.1 Å². The number of hydrogen-bond acceptors (Lipinski definition) is 9. The number of hydrogen-bond donors (Lipinski definition) is 1. The molecular formula is C15H17N7O4. The molecule has 2 aliphatic heterocycles. The molecule has 0 amide bonds. The lowest BCUT2D eigenvalue weighted by atomic mass is 10.1. The Bertz CT molecular complexity index is 941. The van der Waals surface area contributed by atoms with E-state index in [9.17, 15) is 5.11 Å². The first-order valence-corrected chi connectivity index (χ1v) is 8.22. The van der Waals surface area contributed by atoms with Crippen LogP contribution in [0.2, 0.25) is 0 Å². The Morgan fingerprint density at radius 3 is 2.62 bits per heavy atom. The van der Waals surface area contributed by atoms with Crippen molar-refractivity contribution in [3.63, 3.8) is 0 Å². The average Bonchev–Trinajstić information content (AvgIpc) is 3.36. The van der Waals surface area contributed by atoms with Gasteiger partial charge in [-0.25, -0.2) is 15.0 Å². The van der Waals surface area contributed by atoms with E-state index in [0.717, 1.165) is 0 Å². The SMILES string of the molecule is CC1(C)OC2C(CO)OC(n3cnc4c(-n5cnnc5)ncnc43)C2O1. The van der Waals surface area contributed by atoms with E-state index >= 15 is 0 Å². The Hall–Kier alpha value is -2.47. The van der Waals surface area contributed by atoms with Crippen LogP contribution < -0.4 is 0 Å². The lowest BCUT2D eigenvalue weighted by Gasteiger charge is -2.24. The second-order valence-electron chi connectivity index (χ2n) is 6.70. The van der Waals surface area contributed by atoms with E-state index in [0.29, 0.717) is 17.0 Å². The molecule has 0 bridgehead atoms.